The lowest BCUT2D eigenvalue weighted by atomic mass is 9.95. The first-order valence-corrected chi connectivity index (χ1v) is 13.3. The van der Waals surface area contributed by atoms with E-state index < -0.39 is 29.4 Å². The van der Waals surface area contributed by atoms with Crippen molar-refractivity contribution in [2.24, 2.45) is 5.92 Å². The topological polar surface area (TPSA) is 92.7 Å². The molecule has 4 rings (SSSR count). The van der Waals surface area contributed by atoms with Crippen LogP contribution in [0.4, 0.5) is 23.8 Å². The molecule has 9 nitrogen and oxygen atoms in total. The first-order chi connectivity index (χ1) is 17.9. The Kier molecular flexibility index (Phi) is 8.71. The smallest absolute Gasteiger partial charge is 0.429 e. The summed E-state index contributed by atoms with van der Waals surface area (Å²) in [5.41, 5.74) is -0.862. The highest BCUT2D eigenvalue weighted by molar-refractivity contribution is 6.30. The van der Waals surface area contributed by atoms with E-state index in [0.29, 0.717) is 26.1 Å². The zero-order valence-electron chi connectivity index (χ0n) is 21.9. The standard InChI is InChI=1S/C25H34ClF3N6O3/c1-24(2,3)38-23(36)35-11-6-4-5-10-34(35)21-17-13-31-20(26)18(27)19(17)32-22(33-21)37-14-16-8-7-9-30-15-25(28,29)12-16/h13,16,30H,4-12,14-15H2,1-3H3. The largest absolute Gasteiger partial charge is 0.463 e. The SMILES string of the molecule is CC(C)(C)OC(=O)N1CCCCCN1c1nc(OCC2CCCNCC(F)(F)C2)nc2c(F)c(Cl)ncc12. The van der Waals surface area contributed by atoms with Crippen LogP contribution in [0.3, 0.4) is 0 Å². The molecule has 210 valence electrons. The third kappa shape index (κ3) is 7.07. The number of alkyl halides is 2. The van der Waals surface area contributed by atoms with Gasteiger partial charge in [-0.1, -0.05) is 11.6 Å². The van der Waals surface area contributed by atoms with Crippen LogP contribution in [0, 0.1) is 11.7 Å². The van der Waals surface area contributed by atoms with Crippen molar-refractivity contribution in [3.8, 4) is 6.01 Å². The molecule has 2 aromatic heterocycles. The maximum atomic E-state index is 15.1. The summed E-state index contributed by atoms with van der Waals surface area (Å²) < 4.78 is 55.0. The molecule has 2 fully saturated rings. The fraction of sp³-hybridized carbons (Fsp3) is 0.680. The Morgan fingerprint density at radius 3 is 2.74 bits per heavy atom. The molecule has 0 bridgehead atoms. The molecule has 4 heterocycles. The average molecular weight is 559 g/mol. The molecule has 1 atom stereocenters. The van der Waals surface area contributed by atoms with Crippen LogP contribution >= 0.6 is 11.6 Å². The number of ether oxygens (including phenoxy) is 2. The lowest BCUT2D eigenvalue weighted by Gasteiger charge is -2.35. The third-order valence-electron chi connectivity index (χ3n) is 6.37. The van der Waals surface area contributed by atoms with Crippen LogP contribution in [0.15, 0.2) is 6.20 Å². The number of fused-ring (bicyclic) bond motifs is 1. The fourth-order valence-electron chi connectivity index (χ4n) is 4.64. The van der Waals surface area contributed by atoms with Gasteiger partial charge in [0.2, 0.25) is 0 Å². The highest BCUT2D eigenvalue weighted by Gasteiger charge is 2.35. The fourth-order valence-corrected chi connectivity index (χ4v) is 4.78. The molecule has 1 amide bonds. The molecule has 0 aromatic carbocycles. The molecule has 1 N–H and O–H groups in total. The van der Waals surface area contributed by atoms with Crippen molar-refractivity contribution in [2.75, 3.05) is 37.8 Å². The Bertz CT molecular complexity index is 1150. The van der Waals surface area contributed by atoms with Gasteiger partial charge in [-0.05, 0) is 65.3 Å². The lowest BCUT2D eigenvalue weighted by molar-refractivity contribution is -0.0333. The molecule has 2 aliphatic rings. The van der Waals surface area contributed by atoms with Gasteiger partial charge in [0, 0.05) is 25.7 Å². The van der Waals surface area contributed by atoms with E-state index in [1.54, 1.807) is 25.8 Å². The Morgan fingerprint density at radius 1 is 1.21 bits per heavy atom. The minimum Gasteiger partial charge on any atom is -0.463 e. The first-order valence-electron chi connectivity index (χ1n) is 12.9. The molecule has 0 spiro atoms. The number of carbonyl (C=O) groups is 1. The summed E-state index contributed by atoms with van der Waals surface area (Å²) in [5.74, 6) is -3.96. The van der Waals surface area contributed by atoms with Crippen LogP contribution in [0.25, 0.3) is 10.9 Å². The summed E-state index contributed by atoms with van der Waals surface area (Å²) in [4.78, 5) is 25.8. The molecule has 1 unspecified atom stereocenters. The van der Waals surface area contributed by atoms with Gasteiger partial charge in [0.05, 0.1) is 18.5 Å². The average Bonchev–Trinajstić information content (AvgIpc) is 3.08. The van der Waals surface area contributed by atoms with E-state index in [1.807, 2.05) is 0 Å². The van der Waals surface area contributed by atoms with Crippen LogP contribution in [-0.4, -0.2) is 70.4 Å². The van der Waals surface area contributed by atoms with Crippen molar-refractivity contribution in [3.05, 3.63) is 17.2 Å². The number of hydrazine groups is 1. The molecule has 2 aliphatic heterocycles. The van der Waals surface area contributed by atoms with E-state index in [9.17, 15) is 13.6 Å². The number of rotatable bonds is 4. The number of nitrogens with zero attached hydrogens (tertiary/aromatic N) is 5. The highest BCUT2D eigenvalue weighted by atomic mass is 35.5. The Balaban J connectivity index is 1.70. The Labute approximate surface area is 225 Å². The van der Waals surface area contributed by atoms with E-state index in [1.165, 1.54) is 11.2 Å². The number of hydrogen-bond acceptors (Lipinski definition) is 8. The van der Waals surface area contributed by atoms with Gasteiger partial charge >= 0.3 is 12.1 Å². The number of nitrogens with one attached hydrogen (secondary N) is 1. The van der Waals surface area contributed by atoms with E-state index >= 15 is 4.39 Å². The number of anilines is 1. The van der Waals surface area contributed by atoms with Gasteiger partial charge in [0.25, 0.3) is 5.92 Å². The summed E-state index contributed by atoms with van der Waals surface area (Å²) in [6, 6.07) is -0.189. The van der Waals surface area contributed by atoms with E-state index in [4.69, 9.17) is 21.1 Å². The summed E-state index contributed by atoms with van der Waals surface area (Å²) in [6.45, 7) is 6.14. The molecule has 0 saturated carbocycles. The number of hydrogen-bond donors (Lipinski definition) is 1. The van der Waals surface area contributed by atoms with Gasteiger partial charge in [-0.3, -0.25) is 5.01 Å². The van der Waals surface area contributed by atoms with Crippen LogP contribution < -0.4 is 15.1 Å². The van der Waals surface area contributed by atoms with E-state index in [-0.39, 0.29) is 47.5 Å². The maximum Gasteiger partial charge on any atom is 0.429 e. The number of halogens is 4. The quantitative estimate of drug-likeness (QED) is 0.501. The normalized spacial score (nSPS) is 21.0. The van der Waals surface area contributed by atoms with Crippen LogP contribution in [0.1, 0.15) is 59.3 Å². The minimum atomic E-state index is -2.87. The molecular weight excluding hydrogens is 525 g/mol. The minimum absolute atomic E-state index is 0.0588. The molecule has 0 aliphatic carbocycles. The van der Waals surface area contributed by atoms with Gasteiger partial charge < -0.3 is 14.8 Å². The van der Waals surface area contributed by atoms with Gasteiger partial charge in [0.1, 0.15) is 11.1 Å². The number of pyridine rings is 1. The molecule has 2 saturated heterocycles. The predicted octanol–water partition coefficient (Wildman–Crippen LogP) is 5.36. The first kappa shape index (κ1) is 28.4. The zero-order chi connectivity index (χ0) is 27.5. The molecule has 0 radical (unpaired) electrons. The second-order valence-electron chi connectivity index (χ2n) is 10.8. The molecule has 38 heavy (non-hydrogen) atoms. The second kappa shape index (κ2) is 11.6. The van der Waals surface area contributed by atoms with Crippen molar-refractivity contribution in [1.29, 1.82) is 0 Å². The summed E-state index contributed by atoms with van der Waals surface area (Å²) in [7, 11) is 0. The zero-order valence-corrected chi connectivity index (χ0v) is 22.7. The predicted molar refractivity (Wildman–Crippen MR) is 137 cm³/mol. The van der Waals surface area contributed by atoms with Crippen LogP contribution in [-0.2, 0) is 4.74 Å². The van der Waals surface area contributed by atoms with Crippen molar-refractivity contribution >= 4 is 34.4 Å². The van der Waals surface area contributed by atoms with Gasteiger partial charge in [-0.15, -0.1) is 0 Å². The van der Waals surface area contributed by atoms with Gasteiger partial charge in [0.15, 0.2) is 16.8 Å². The van der Waals surface area contributed by atoms with Gasteiger partial charge in [-0.2, -0.15) is 9.97 Å². The van der Waals surface area contributed by atoms with Crippen molar-refractivity contribution < 1.29 is 27.4 Å². The lowest BCUT2D eigenvalue weighted by Crippen LogP contribution is -2.49. The number of aromatic nitrogens is 3. The monoisotopic (exact) mass is 558 g/mol. The third-order valence-corrected chi connectivity index (χ3v) is 6.63. The molecule has 2 aromatic rings. The summed E-state index contributed by atoms with van der Waals surface area (Å²) in [6.07, 6.45) is 4.05. The van der Waals surface area contributed by atoms with E-state index in [2.05, 4.69) is 20.3 Å². The number of amides is 1. The van der Waals surface area contributed by atoms with Crippen LogP contribution in [0.2, 0.25) is 5.15 Å². The maximum absolute atomic E-state index is 15.1. The second-order valence-corrected chi connectivity index (χ2v) is 11.2. The molecular formula is C25H34ClF3N6O3. The Hall–Kier alpha value is -2.60. The Morgan fingerprint density at radius 2 is 1.97 bits per heavy atom. The van der Waals surface area contributed by atoms with Crippen molar-refractivity contribution in [2.45, 2.75) is 70.8 Å². The number of carbonyl (C=O) groups excluding carboxylic acids is 1. The van der Waals surface area contributed by atoms with Crippen LogP contribution in [0.5, 0.6) is 6.01 Å². The summed E-state index contributed by atoms with van der Waals surface area (Å²) in [5, 5.41) is 5.69. The highest BCUT2D eigenvalue weighted by Crippen LogP contribution is 2.33. The van der Waals surface area contributed by atoms with Gasteiger partial charge in [-0.25, -0.2) is 28.0 Å². The summed E-state index contributed by atoms with van der Waals surface area (Å²) >= 11 is 5.95. The van der Waals surface area contributed by atoms with Crippen molar-refractivity contribution in [3.63, 3.8) is 0 Å². The van der Waals surface area contributed by atoms with Crippen molar-refractivity contribution in [1.82, 2.24) is 25.3 Å². The molecule has 13 heteroatoms. The van der Waals surface area contributed by atoms with E-state index in [0.717, 1.165) is 25.7 Å².